The molecule has 0 spiro atoms. The zero-order valence-electron chi connectivity index (χ0n) is 13.6. The average molecular weight is 384 g/mol. The van der Waals surface area contributed by atoms with Crippen molar-refractivity contribution >= 4 is 39.0 Å². The van der Waals surface area contributed by atoms with Crippen molar-refractivity contribution < 1.29 is 8.78 Å². The number of thiophene rings is 1. The number of aryl methyl sites for hydroxylation is 1. The Labute approximate surface area is 152 Å². The molecule has 9 heteroatoms. The Morgan fingerprint density at radius 3 is 2.60 bits per heavy atom. The number of nitrogens with one attached hydrogen (secondary N) is 1. The Morgan fingerprint density at radius 2 is 1.96 bits per heavy atom. The van der Waals surface area contributed by atoms with Crippen LogP contribution < -0.4 is 11.1 Å². The molecule has 0 aliphatic carbocycles. The van der Waals surface area contributed by atoms with E-state index in [1.165, 1.54) is 11.3 Å². The molecule has 5 nitrogen and oxygen atoms in total. The van der Waals surface area contributed by atoms with Gasteiger partial charge < -0.3 is 11.1 Å². The molecule has 0 fully saturated rings. The third-order valence-corrected chi connectivity index (χ3v) is 5.21. The molecule has 1 atom stereocenters. The number of aromatic nitrogens is 3. The summed E-state index contributed by atoms with van der Waals surface area (Å²) in [6.07, 6.45) is 2.65. The minimum atomic E-state index is -0.719. The number of pyridine rings is 1. The van der Waals surface area contributed by atoms with E-state index in [4.69, 9.17) is 17.3 Å². The molecule has 1 unspecified atom stereocenters. The van der Waals surface area contributed by atoms with Crippen molar-refractivity contribution in [1.29, 1.82) is 0 Å². The minimum absolute atomic E-state index is 0.00612. The monoisotopic (exact) mass is 383 g/mol. The number of halogens is 3. The maximum absolute atomic E-state index is 13.7. The molecule has 3 aromatic heterocycles. The summed E-state index contributed by atoms with van der Waals surface area (Å²) >= 11 is 7.52. The highest BCUT2D eigenvalue weighted by Gasteiger charge is 2.17. The van der Waals surface area contributed by atoms with Crippen molar-refractivity contribution in [3.63, 3.8) is 0 Å². The summed E-state index contributed by atoms with van der Waals surface area (Å²) in [5.74, 6) is -0.998. The van der Waals surface area contributed by atoms with Crippen LogP contribution in [0.3, 0.4) is 0 Å². The summed E-state index contributed by atoms with van der Waals surface area (Å²) in [6.45, 7) is 3.80. The lowest BCUT2D eigenvalue weighted by Gasteiger charge is -2.08. The van der Waals surface area contributed by atoms with Crippen molar-refractivity contribution in [1.82, 2.24) is 15.0 Å². The van der Waals surface area contributed by atoms with Crippen LogP contribution in [0.25, 0.3) is 10.2 Å². The van der Waals surface area contributed by atoms with Gasteiger partial charge >= 0.3 is 0 Å². The van der Waals surface area contributed by atoms with E-state index in [9.17, 15) is 8.78 Å². The van der Waals surface area contributed by atoms with Gasteiger partial charge in [-0.1, -0.05) is 0 Å². The number of fused-ring (bicyclic) bond motifs is 1. The second-order valence-electron chi connectivity index (χ2n) is 5.79. The van der Waals surface area contributed by atoms with Gasteiger partial charge in [-0.15, -0.1) is 11.3 Å². The first kappa shape index (κ1) is 17.9. The van der Waals surface area contributed by atoms with Gasteiger partial charge in [-0.3, -0.25) is 4.98 Å². The molecule has 0 aliphatic rings. The Kier molecular flexibility index (Phi) is 5.12. The van der Waals surface area contributed by atoms with Crippen LogP contribution in [0.15, 0.2) is 12.4 Å². The van der Waals surface area contributed by atoms with Crippen LogP contribution >= 0.6 is 22.9 Å². The molecule has 25 heavy (non-hydrogen) atoms. The standard InChI is InChI=1S/C16H16ClF2N5S/c1-7(20)3-12-8(2)13-14(25-12)15(24-16(17)23-13)22-4-9-10(18)5-21-6-11(9)19/h5-7H,3-4,20H2,1-2H3,(H,22,23,24). The Morgan fingerprint density at radius 1 is 1.28 bits per heavy atom. The lowest BCUT2D eigenvalue weighted by molar-refractivity contribution is 0.550. The molecule has 0 aliphatic heterocycles. The zero-order chi connectivity index (χ0) is 18.1. The van der Waals surface area contributed by atoms with E-state index >= 15 is 0 Å². The maximum atomic E-state index is 13.7. The van der Waals surface area contributed by atoms with Gasteiger partial charge in [0, 0.05) is 23.0 Å². The fourth-order valence-electron chi connectivity index (χ4n) is 2.49. The second kappa shape index (κ2) is 7.15. The lowest BCUT2D eigenvalue weighted by Crippen LogP contribution is -2.17. The second-order valence-corrected chi connectivity index (χ2v) is 7.23. The van der Waals surface area contributed by atoms with E-state index < -0.39 is 11.6 Å². The molecule has 0 bridgehead atoms. The summed E-state index contributed by atoms with van der Waals surface area (Å²) in [6, 6.07) is 0.00612. The number of rotatable bonds is 5. The third kappa shape index (κ3) is 3.70. The van der Waals surface area contributed by atoms with Crippen LogP contribution in [0, 0.1) is 18.6 Å². The van der Waals surface area contributed by atoms with Crippen LogP contribution in [-0.2, 0) is 13.0 Å². The summed E-state index contributed by atoms with van der Waals surface area (Å²) in [4.78, 5) is 13.0. The van der Waals surface area contributed by atoms with E-state index in [2.05, 4.69) is 20.3 Å². The first-order chi connectivity index (χ1) is 11.9. The Hall–Kier alpha value is -1.90. The first-order valence-electron chi connectivity index (χ1n) is 7.59. The number of hydrogen-bond donors (Lipinski definition) is 2. The molecule has 3 heterocycles. The predicted octanol–water partition coefficient (Wildman–Crippen LogP) is 3.83. The average Bonchev–Trinajstić information content (AvgIpc) is 2.83. The number of hydrogen-bond acceptors (Lipinski definition) is 6. The highest BCUT2D eigenvalue weighted by Crippen LogP contribution is 2.35. The maximum Gasteiger partial charge on any atom is 0.224 e. The largest absolute Gasteiger partial charge is 0.364 e. The molecule has 3 rings (SSSR count). The molecule has 132 valence electrons. The topological polar surface area (TPSA) is 76.7 Å². The summed E-state index contributed by atoms with van der Waals surface area (Å²) in [5, 5.41) is 3.02. The predicted molar refractivity (Wildman–Crippen MR) is 96.0 cm³/mol. The van der Waals surface area contributed by atoms with Gasteiger partial charge in [0.25, 0.3) is 0 Å². The van der Waals surface area contributed by atoms with Crippen LogP contribution in [-0.4, -0.2) is 21.0 Å². The SMILES string of the molecule is Cc1c(CC(C)N)sc2c(NCc3c(F)cncc3F)nc(Cl)nc12. The van der Waals surface area contributed by atoms with Gasteiger partial charge in [-0.2, -0.15) is 4.98 Å². The quantitative estimate of drug-likeness (QED) is 0.655. The third-order valence-electron chi connectivity index (χ3n) is 3.73. The summed E-state index contributed by atoms with van der Waals surface area (Å²) < 4.78 is 28.3. The first-order valence-corrected chi connectivity index (χ1v) is 8.79. The van der Waals surface area contributed by atoms with Gasteiger partial charge in [0.05, 0.1) is 22.6 Å². The van der Waals surface area contributed by atoms with Gasteiger partial charge in [0.1, 0.15) is 17.5 Å². The molecular formula is C16H16ClF2N5S. The van der Waals surface area contributed by atoms with Crippen molar-refractivity contribution in [3.05, 3.63) is 45.3 Å². The highest BCUT2D eigenvalue weighted by molar-refractivity contribution is 7.19. The van der Waals surface area contributed by atoms with Crippen molar-refractivity contribution in [2.45, 2.75) is 32.9 Å². The van der Waals surface area contributed by atoms with Gasteiger partial charge in [-0.25, -0.2) is 13.8 Å². The van der Waals surface area contributed by atoms with Crippen LogP contribution in [0.1, 0.15) is 22.9 Å². The fourth-order valence-corrected chi connectivity index (χ4v) is 4.01. The van der Waals surface area contributed by atoms with Crippen LogP contribution in [0.4, 0.5) is 14.6 Å². The summed E-state index contributed by atoms with van der Waals surface area (Å²) in [5.41, 5.74) is 7.49. The summed E-state index contributed by atoms with van der Waals surface area (Å²) in [7, 11) is 0. The van der Waals surface area contributed by atoms with Gasteiger partial charge in [0.15, 0.2) is 0 Å². The van der Waals surface area contributed by atoms with Crippen molar-refractivity contribution in [3.8, 4) is 0 Å². The molecule has 0 aromatic carbocycles. The van der Waals surface area contributed by atoms with Gasteiger partial charge in [0.2, 0.25) is 5.28 Å². The molecule has 3 aromatic rings. The highest BCUT2D eigenvalue weighted by atomic mass is 35.5. The lowest BCUT2D eigenvalue weighted by atomic mass is 10.1. The van der Waals surface area contributed by atoms with E-state index in [0.29, 0.717) is 12.2 Å². The van der Waals surface area contributed by atoms with Gasteiger partial charge in [-0.05, 0) is 37.4 Å². The Balaban J connectivity index is 1.98. The number of anilines is 1. The molecule has 3 N–H and O–H groups in total. The van der Waals surface area contributed by atoms with Crippen molar-refractivity contribution in [2.75, 3.05) is 5.32 Å². The van der Waals surface area contributed by atoms with Crippen molar-refractivity contribution in [2.24, 2.45) is 5.73 Å². The fraction of sp³-hybridized carbons (Fsp3) is 0.312. The molecule has 0 saturated carbocycles. The van der Waals surface area contributed by atoms with Crippen LogP contribution in [0.2, 0.25) is 5.28 Å². The van der Waals surface area contributed by atoms with E-state index in [-0.39, 0.29) is 23.4 Å². The number of nitrogens with two attached hydrogens (primary N) is 1. The van der Waals surface area contributed by atoms with E-state index in [0.717, 1.165) is 33.1 Å². The zero-order valence-corrected chi connectivity index (χ0v) is 15.2. The number of nitrogens with zero attached hydrogens (tertiary/aromatic N) is 3. The minimum Gasteiger partial charge on any atom is -0.364 e. The van der Waals surface area contributed by atoms with E-state index in [1.807, 2.05) is 13.8 Å². The Bertz CT molecular complexity index is 908. The smallest absolute Gasteiger partial charge is 0.224 e. The molecule has 0 amide bonds. The normalized spacial score (nSPS) is 12.6. The molecular weight excluding hydrogens is 368 g/mol. The molecule has 0 radical (unpaired) electrons. The van der Waals surface area contributed by atoms with E-state index in [1.54, 1.807) is 0 Å². The molecule has 0 saturated heterocycles. The van der Waals surface area contributed by atoms with Crippen LogP contribution in [0.5, 0.6) is 0 Å².